The molecule has 0 saturated heterocycles. The van der Waals surface area contributed by atoms with Gasteiger partial charge in [-0.15, -0.1) is 0 Å². The lowest BCUT2D eigenvalue weighted by Crippen LogP contribution is -2.15. The molecule has 0 aliphatic heterocycles. The smallest absolute Gasteiger partial charge is 0.230 e. The molecular weight excluding hydrogens is 228 g/mol. The maximum absolute atomic E-state index is 11.8. The third kappa shape index (κ3) is 2.74. The maximum atomic E-state index is 11.8. The van der Waals surface area contributed by atoms with E-state index in [0.717, 1.165) is 5.69 Å². The fourth-order valence-electron chi connectivity index (χ4n) is 1.61. The molecule has 0 fully saturated rings. The minimum absolute atomic E-state index is 0.185. The molecule has 1 aromatic carbocycles. The van der Waals surface area contributed by atoms with Gasteiger partial charge in [-0.2, -0.15) is 10.4 Å². The van der Waals surface area contributed by atoms with Crippen molar-refractivity contribution in [2.75, 3.05) is 5.32 Å². The summed E-state index contributed by atoms with van der Waals surface area (Å²) in [6, 6.07) is 10.7. The van der Waals surface area contributed by atoms with Crippen molar-refractivity contribution in [3.8, 4) is 6.07 Å². The number of amides is 1. The summed E-state index contributed by atoms with van der Waals surface area (Å²) in [5, 5.41) is 18.4. The summed E-state index contributed by atoms with van der Waals surface area (Å²) in [6.45, 7) is 1.87. The van der Waals surface area contributed by atoms with Crippen LogP contribution < -0.4 is 5.32 Å². The lowest BCUT2D eigenvalue weighted by atomic mass is 10.2. The standard InChI is InChI=1S/C13H12N4O/c1-9-6-11(17-16-9)7-13(18)15-12-5-3-2-4-10(12)8-14/h2-6H,7H2,1H3,(H,15,18)(H,16,17). The van der Waals surface area contributed by atoms with Crippen molar-refractivity contribution < 1.29 is 4.79 Å². The number of rotatable bonds is 3. The number of H-pyrrole nitrogens is 1. The topological polar surface area (TPSA) is 81.6 Å². The predicted molar refractivity (Wildman–Crippen MR) is 66.8 cm³/mol. The fourth-order valence-corrected chi connectivity index (χ4v) is 1.61. The summed E-state index contributed by atoms with van der Waals surface area (Å²) in [7, 11) is 0. The number of aromatic nitrogens is 2. The molecule has 2 N–H and O–H groups in total. The SMILES string of the molecule is Cc1cc(CC(=O)Nc2ccccc2C#N)n[nH]1. The summed E-state index contributed by atoms with van der Waals surface area (Å²) >= 11 is 0. The van der Waals surface area contributed by atoms with Crippen LogP contribution in [0.3, 0.4) is 0 Å². The first kappa shape index (κ1) is 11.9. The number of hydrogen-bond donors (Lipinski definition) is 2. The third-order valence-corrected chi connectivity index (χ3v) is 2.42. The molecule has 5 nitrogen and oxygen atoms in total. The van der Waals surface area contributed by atoms with Crippen LogP contribution >= 0.6 is 0 Å². The molecule has 2 aromatic rings. The van der Waals surface area contributed by atoms with Crippen LogP contribution in [0.15, 0.2) is 30.3 Å². The molecule has 5 heteroatoms. The average molecular weight is 240 g/mol. The van der Waals surface area contributed by atoms with Gasteiger partial charge in [-0.05, 0) is 25.1 Å². The van der Waals surface area contributed by atoms with Crippen molar-refractivity contribution in [2.24, 2.45) is 0 Å². The van der Waals surface area contributed by atoms with E-state index in [1.165, 1.54) is 0 Å². The first-order valence-corrected chi connectivity index (χ1v) is 5.49. The monoisotopic (exact) mass is 240 g/mol. The number of hydrogen-bond acceptors (Lipinski definition) is 3. The van der Waals surface area contributed by atoms with Gasteiger partial charge in [-0.3, -0.25) is 9.89 Å². The van der Waals surface area contributed by atoms with Crippen LogP contribution in [0.1, 0.15) is 17.0 Å². The normalized spacial score (nSPS) is 9.78. The second kappa shape index (κ2) is 5.15. The van der Waals surface area contributed by atoms with E-state index in [-0.39, 0.29) is 12.3 Å². The van der Waals surface area contributed by atoms with Crippen molar-refractivity contribution in [2.45, 2.75) is 13.3 Å². The first-order valence-electron chi connectivity index (χ1n) is 5.49. The number of carbonyl (C=O) groups excluding carboxylic acids is 1. The second-order valence-corrected chi connectivity index (χ2v) is 3.92. The Balaban J connectivity index is 2.06. The van der Waals surface area contributed by atoms with E-state index < -0.39 is 0 Å². The summed E-state index contributed by atoms with van der Waals surface area (Å²) in [5.74, 6) is -0.191. The van der Waals surface area contributed by atoms with Gasteiger partial charge in [0.25, 0.3) is 0 Å². The lowest BCUT2D eigenvalue weighted by molar-refractivity contribution is -0.115. The van der Waals surface area contributed by atoms with Gasteiger partial charge in [0.15, 0.2) is 0 Å². The predicted octanol–water partition coefficient (Wildman–Crippen LogP) is 1.77. The van der Waals surface area contributed by atoms with Gasteiger partial charge >= 0.3 is 0 Å². The summed E-state index contributed by atoms with van der Waals surface area (Å²) in [4.78, 5) is 11.8. The van der Waals surface area contributed by atoms with Crippen LogP contribution in [-0.2, 0) is 11.2 Å². The zero-order valence-electron chi connectivity index (χ0n) is 9.90. The molecule has 0 aliphatic carbocycles. The Morgan fingerprint density at radius 1 is 1.50 bits per heavy atom. The van der Waals surface area contributed by atoms with Crippen molar-refractivity contribution in [1.29, 1.82) is 5.26 Å². The Bertz CT molecular complexity index is 609. The number of anilines is 1. The summed E-state index contributed by atoms with van der Waals surface area (Å²) in [5.41, 5.74) is 2.57. The third-order valence-electron chi connectivity index (χ3n) is 2.42. The van der Waals surface area contributed by atoms with E-state index in [0.29, 0.717) is 16.9 Å². The zero-order valence-corrected chi connectivity index (χ0v) is 9.90. The minimum atomic E-state index is -0.191. The van der Waals surface area contributed by atoms with Gasteiger partial charge in [0, 0.05) is 5.69 Å². The van der Waals surface area contributed by atoms with E-state index in [1.54, 1.807) is 24.3 Å². The van der Waals surface area contributed by atoms with Gasteiger partial charge in [-0.1, -0.05) is 12.1 Å². The molecule has 1 heterocycles. The quantitative estimate of drug-likeness (QED) is 0.857. The molecule has 1 aromatic heterocycles. The van der Waals surface area contributed by atoms with Crippen molar-refractivity contribution in [3.63, 3.8) is 0 Å². The molecular formula is C13H12N4O. The van der Waals surface area contributed by atoms with Crippen molar-refractivity contribution in [1.82, 2.24) is 10.2 Å². The van der Waals surface area contributed by atoms with Crippen LogP contribution in [-0.4, -0.2) is 16.1 Å². The minimum Gasteiger partial charge on any atom is -0.325 e. The highest BCUT2D eigenvalue weighted by atomic mass is 16.1. The molecule has 18 heavy (non-hydrogen) atoms. The summed E-state index contributed by atoms with van der Waals surface area (Å²) < 4.78 is 0. The summed E-state index contributed by atoms with van der Waals surface area (Å²) in [6.07, 6.45) is 0.185. The fraction of sp³-hybridized carbons (Fsp3) is 0.154. The van der Waals surface area contributed by atoms with Gasteiger partial charge < -0.3 is 5.32 Å². The number of nitrogens with zero attached hydrogens (tertiary/aromatic N) is 2. The number of nitriles is 1. The lowest BCUT2D eigenvalue weighted by Gasteiger charge is -2.05. The highest BCUT2D eigenvalue weighted by Gasteiger charge is 2.08. The highest BCUT2D eigenvalue weighted by molar-refractivity contribution is 5.93. The zero-order chi connectivity index (χ0) is 13.0. The van der Waals surface area contributed by atoms with Gasteiger partial charge in [0.1, 0.15) is 6.07 Å². The highest BCUT2D eigenvalue weighted by Crippen LogP contribution is 2.13. The maximum Gasteiger partial charge on any atom is 0.230 e. The number of aryl methyl sites for hydroxylation is 1. The van der Waals surface area contributed by atoms with E-state index in [1.807, 2.05) is 19.1 Å². The van der Waals surface area contributed by atoms with Gasteiger partial charge in [-0.25, -0.2) is 0 Å². The molecule has 0 unspecified atom stereocenters. The van der Waals surface area contributed by atoms with Gasteiger partial charge in [0.05, 0.1) is 23.4 Å². The Labute approximate surface area is 104 Å². The first-order chi connectivity index (χ1) is 8.69. The molecule has 0 bridgehead atoms. The van der Waals surface area contributed by atoms with Crippen molar-refractivity contribution in [3.05, 3.63) is 47.3 Å². The second-order valence-electron chi connectivity index (χ2n) is 3.92. The van der Waals surface area contributed by atoms with Crippen LogP contribution in [0.5, 0.6) is 0 Å². The number of nitrogens with one attached hydrogen (secondary N) is 2. The Morgan fingerprint density at radius 2 is 2.28 bits per heavy atom. The van der Waals surface area contributed by atoms with Crippen LogP contribution in [0.4, 0.5) is 5.69 Å². The molecule has 0 atom stereocenters. The Morgan fingerprint density at radius 3 is 2.94 bits per heavy atom. The van der Waals surface area contributed by atoms with Crippen LogP contribution in [0.25, 0.3) is 0 Å². The molecule has 0 saturated carbocycles. The van der Waals surface area contributed by atoms with E-state index in [2.05, 4.69) is 15.5 Å². The number of benzene rings is 1. The molecule has 0 spiro atoms. The average Bonchev–Trinajstić information content (AvgIpc) is 2.75. The van der Waals surface area contributed by atoms with Crippen LogP contribution in [0, 0.1) is 18.3 Å². The van der Waals surface area contributed by atoms with Crippen LogP contribution in [0.2, 0.25) is 0 Å². The molecule has 90 valence electrons. The van der Waals surface area contributed by atoms with E-state index in [9.17, 15) is 4.79 Å². The van der Waals surface area contributed by atoms with E-state index in [4.69, 9.17) is 5.26 Å². The molecule has 2 rings (SSSR count). The number of para-hydroxylation sites is 1. The Kier molecular flexibility index (Phi) is 3.39. The number of aromatic amines is 1. The van der Waals surface area contributed by atoms with Gasteiger partial charge in [0.2, 0.25) is 5.91 Å². The number of carbonyl (C=O) groups is 1. The van der Waals surface area contributed by atoms with E-state index >= 15 is 0 Å². The largest absolute Gasteiger partial charge is 0.325 e. The van der Waals surface area contributed by atoms with Crippen molar-refractivity contribution >= 4 is 11.6 Å². The Hall–Kier alpha value is -2.61. The molecule has 1 amide bonds. The molecule has 0 radical (unpaired) electrons. The molecule has 0 aliphatic rings.